The molecular formula is C12H16BrNO2. The highest BCUT2D eigenvalue weighted by Crippen LogP contribution is 2.15. The summed E-state index contributed by atoms with van der Waals surface area (Å²) in [6.45, 7) is 0.557. The molecule has 0 saturated carbocycles. The maximum atomic E-state index is 11.1. The van der Waals surface area contributed by atoms with E-state index >= 15 is 0 Å². The van der Waals surface area contributed by atoms with Gasteiger partial charge in [-0.1, -0.05) is 28.1 Å². The van der Waals surface area contributed by atoms with Crippen LogP contribution in [0.25, 0.3) is 0 Å². The topological polar surface area (TPSA) is 40.5 Å². The van der Waals surface area contributed by atoms with Gasteiger partial charge in [0, 0.05) is 11.0 Å². The van der Waals surface area contributed by atoms with Crippen LogP contribution in [0, 0.1) is 5.92 Å². The zero-order chi connectivity index (χ0) is 12.1. The second-order valence-corrected chi connectivity index (χ2v) is 5.05. The number of carbonyl (C=O) groups is 1. The van der Waals surface area contributed by atoms with Crippen LogP contribution in [-0.2, 0) is 11.2 Å². The lowest BCUT2D eigenvalue weighted by Crippen LogP contribution is -2.29. The smallest absolute Gasteiger partial charge is 0.308 e. The van der Waals surface area contributed by atoms with Crippen molar-refractivity contribution in [1.82, 2.24) is 4.90 Å². The minimum Gasteiger partial charge on any atom is -0.481 e. The van der Waals surface area contributed by atoms with E-state index in [2.05, 4.69) is 15.9 Å². The summed E-state index contributed by atoms with van der Waals surface area (Å²) in [5, 5.41) is 9.11. The zero-order valence-corrected chi connectivity index (χ0v) is 11.1. The summed E-state index contributed by atoms with van der Waals surface area (Å²) in [4.78, 5) is 13.0. The number of carboxylic acid groups (broad SMARTS) is 1. The third kappa shape index (κ3) is 4.33. The van der Waals surface area contributed by atoms with Crippen molar-refractivity contribution < 1.29 is 9.90 Å². The maximum absolute atomic E-state index is 11.1. The maximum Gasteiger partial charge on any atom is 0.308 e. The van der Waals surface area contributed by atoms with E-state index in [-0.39, 0.29) is 5.92 Å². The summed E-state index contributed by atoms with van der Waals surface area (Å²) in [5.74, 6) is -1.10. The molecular weight excluding hydrogens is 270 g/mol. The van der Waals surface area contributed by atoms with Gasteiger partial charge >= 0.3 is 5.97 Å². The highest BCUT2D eigenvalue weighted by molar-refractivity contribution is 9.10. The molecule has 1 aromatic carbocycles. The summed E-state index contributed by atoms with van der Waals surface area (Å²) in [6.07, 6.45) is 0.562. The number of benzene rings is 1. The number of hydrogen-bond donors (Lipinski definition) is 1. The van der Waals surface area contributed by atoms with Crippen molar-refractivity contribution in [2.24, 2.45) is 5.92 Å². The Kier molecular flexibility index (Phi) is 4.96. The molecule has 0 saturated heterocycles. The molecule has 0 heterocycles. The first kappa shape index (κ1) is 13.2. The number of nitrogens with zero attached hydrogens (tertiary/aromatic N) is 1. The van der Waals surface area contributed by atoms with Crippen LogP contribution in [0.1, 0.15) is 5.56 Å². The number of aliphatic carboxylic acids is 1. The number of hydrogen-bond acceptors (Lipinski definition) is 2. The third-order valence-electron chi connectivity index (χ3n) is 2.31. The molecule has 0 amide bonds. The Hall–Kier alpha value is -0.870. The van der Waals surface area contributed by atoms with Crippen molar-refractivity contribution in [2.45, 2.75) is 6.42 Å². The number of carboxylic acids is 1. The number of halogens is 1. The van der Waals surface area contributed by atoms with Crippen LogP contribution >= 0.6 is 15.9 Å². The molecule has 1 N–H and O–H groups in total. The molecule has 0 aliphatic carbocycles. The van der Waals surface area contributed by atoms with Gasteiger partial charge in [-0.05, 0) is 38.2 Å². The normalized spacial score (nSPS) is 12.8. The lowest BCUT2D eigenvalue weighted by molar-refractivity contribution is -0.142. The van der Waals surface area contributed by atoms with Crippen molar-refractivity contribution in [3.8, 4) is 0 Å². The Balaban J connectivity index is 2.71. The first-order chi connectivity index (χ1) is 7.49. The molecule has 88 valence electrons. The Morgan fingerprint density at radius 2 is 2.19 bits per heavy atom. The first-order valence-corrected chi connectivity index (χ1v) is 5.90. The summed E-state index contributed by atoms with van der Waals surface area (Å²) < 4.78 is 0.985. The Morgan fingerprint density at radius 1 is 1.50 bits per heavy atom. The van der Waals surface area contributed by atoms with Gasteiger partial charge in [0.05, 0.1) is 5.92 Å². The van der Waals surface area contributed by atoms with Gasteiger partial charge in [0.2, 0.25) is 0 Å². The molecule has 0 spiro atoms. The van der Waals surface area contributed by atoms with Crippen LogP contribution < -0.4 is 0 Å². The quantitative estimate of drug-likeness (QED) is 0.902. The van der Waals surface area contributed by atoms with Crippen molar-refractivity contribution in [3.05, 3.63) is 34.3 Å². The lowest BCUT2D eigenvalue weighted by Gasteiger charge is -2.17. The molecule has 0 bridgehead atoms. The van der Waals surface area contributed by atoms with Crippen molar-refractivity contribution >= 4 is 21.9 Å². The Morgan fingerprint density at radius 3 is 2.69 bits per heavy atom. The zero-order valence-electron chi connectivity index (χ0n) is 9.48. The van der Waals surface area contributed by atoms with Crippen LogP contribution in [0.2, 0.25) is 0 Å². The largest absolute Gasteiger partial charge is 0.481 e. The Labute approximate surface area is 104 Å². The molecule has 1 aromatic rings. The molecule has 0 aliphatic heterocycles. The summed E-state index contributed by atoms with van der Waals surface area (Å²) in [5.41, 5.74) is 1.05. The fourth-order valence-corrected chi connectivity index (χ4v) is 2.07. The van der Waals surface area contributed by atoms with Crippen LogP contribution in [0.5, 0.6) is 0 Å². The standard InChI is InChI=1S/C12H16BrNO2/c1-14(2)8-10(12(15)16)6-9-4-3-5-11(13)7-9/h3-5,7,10H,6,8H2,1-2H3,(H,15,16). The van der Waals surface area contributed by atoms with E-state index in [1.807, 2.05) is 43.3 Å². The van der Waals surface area contributed by atoms with Crippen molar-refractivity contribution in [1.29, 1.82) is 0 Å². The summed E-state index contributed by atoms with van der Waals surface area (Å²) >= 11 is 3.38. The summed E-state index contributed by atoms with van der Waals surface area (Å²) in [7, 11) is 3.77. The van der Waals surface area contributed by atoms with Gasteiger partial charge in [-0.3, -0.25) is 4.79 Å². The second-order valence-electron chi connectivity index (χ2n) is 4.13. The molecule has 16 heavy (non-hydrogen) atoms. The van der Waals surface area contributed by atoms with Crippen LogP contribution in [0.15, 0.2) is 28.7 Å². The predicted octanol–water partition coefficient (Wildman–Crippen LogP) is 2.25. The summed E-state index contributed by atoms with van der Waals surface area (Å²) in [6, 6.07) is 7.78. The van der Waals surface area contributed by atoms with E-state index < -0.39 is 5.97 Å². The van der Waals surface area contributed by atoms with Crippen LogP contribution in [0.3, 0.4) is 0 Å². The van der Waals surface area contributed by atoms with E-state index in [0.29, 0.717) is 13.0 Å². The fraction of sp³-hybridized carbons (Fsp3) is 0.417. The molecule has 0 aliphatic rings. The highest BCUT2D eigenvalue weighted by Gasteiger charge is 2.18. The molecule has 3 nitrogen and oxygen atoms in total. The Bertz CT molecular complexity index is 366. The van der Waals surface area contributed by atoms with E-state index in [4.69, 9.17) is 5.11 Å². The minimum atomic E-state index is -0.742. The van der Waals surface area contributed by atoms with Gasteiger partial charge in [0.25, 0.3) is 0 Å². The highest BCUT2D eigenvalue weighted by atomic mass is 79.9. The van der Waals surface area contributed by atoms with Gasteiger partial charge in [-0.2, -0.15) is 0 Å². The fourth-order valence-electron chi connectivity index (χ4n) is 1.62. The van der Waals surface area contributed by atoms with Gasteiger partial charge in [-0.15, -0.1) is 0 Å². The average Bonchev–Trinajstić information content (AvgIpc) is 2.15. The predicted molar refractivity (Wildman–Crippen MR) is 67.5 cm³/mol. The molecule has 0 aromatic heterocycles. The monoisotopic (exact) mass is 285 g/mol. The van der Waals surface area contributed by atoms with Gasteiger partial charge in [-0.25, -0.2) is 0 Å². The SMILES string of the molecule is CN(C)CC(Cc1cccc(Br)c1)C(=O)O. The molecule has 0 radical (unpaired) electrons. The van der Waals surface area contributed by atoms with Crippen molar-refractivity contribution in [2.75, 3.05) is 20.6 Å². The van der Waals surface area contributed by atoms with Gasteiger partial charge in [0.1, 0.15) is 0 Å². The van der Waals surface area contributed by atoms with Crippen LogP contribution in [0.4, 0.5) is 0 Å². The van der Waals surface area contributed by atoms with E-state index in [1.165, 1.54) is 0 Å². The third-order valence-corrected chi connectivity index (χ3v) is 2.80. The first-order valence-electron chi connectivity index (χ1n) is 5.11. The average molecular weight is 286 g/mol. The second kappa shape index (κ2) is 6.01. The van der Waals surface area contributed by atoms with Gasteiger partial charge < -0.3 is 10.0 Å². The van der Waals surface area contributed by atoms with E-state index in [0.717, 1.165) is 10.0 Å². The molecule has 1 atom stereocenters. The van der Waals surface area contributed by atoms with Crippen molar-refractivity contribution in [3.63, 3.8) is 0 Å². The molecule has 1 rings (SSSR count). The van der Waals surface area contributed by atoms with E-state index in [9.17, 15) is 4.79 Å². The number of rotatable bonds is 5. The lowest BCUT2D eigenvalue weighted by atomic mass is 9.99. The van der Waals surface area contributed by atoms with Gasteiger partial charge in [0.15, 0.2) is 0 Å². The molecule has 1 unspecified atom stereocenters. The minimum absolute atomic E-state index is 0.357. The van der Waals surface area contributed by atoms with Crippen LogP contribution in [-0.4, -0.2) is 36.6 Å². The molecule has 4 heteroatoms. The molecule has 0 fully saturated rings. The van der Waals surface area contributed by atoms with E-state index in [1.54, 1.807) is 0 Å².